The van der Waals surface area contributed by atoms with Crippen LogP contribution < -0.4 is 10.2 Å². The minimum Gasteiger partial charge on any atom is -0.373 e. The van der Waals surface area contributed by atoms with Gasteiger partial charge in [-0.25, -0.2) is 0 Å². The Labute approximate surface area is 118 Å². The second-order valence-corrected chi connectivity index (χ2v) is 6.46. The number of hydrogen-bond donors (Lipinski definition) is 1. The van der Waals surface area contributed by atoms with E-state index in [-0.39, 0.29) is 5.54 Å². The van der Waals surface area contributed by atoms with Gasteiger partial charge >= 0.3 is 0 Å². The fraction of sp³-hybridized carbons (Fsp3) is 0.625. The Morgan fingerprint density at radius 3 is 2.21 bits per heavy atom. The van der Waals surface area contributed by atoms with Gasteiger partial charge < -0.3 is 15.1 Å². The van der Waals surface area contributed by atoms with Crippen LogP contribution in [0.25, 0.3) is 0 Å². The first-order chi connectivity index (χ1) is 8.79. The zero-order valence-corrected chi connectivity index (χ0v) is 13.3. The average Bonchev–Trinajstić information content (AvgIpc) is 2.33. The van der Waals surface area contributed by atoms with E-state index >= 15 is 0 Å². The second-order valence-electron chi connectivity index (χ2n) is 6.46. The minimum atomic E-state index is 0.148. The van der Waals surface area contributed by atoms with Crippen molar-refractivity contribution in [2.75, 3.05) is 39.1 Å². The molecule has 1 N–H and O–H groups in total. The van der Waals surface area contributed by atoms with Crippen LogP contribution in [-0.2, 0) is 6.54 Å². The lowest BCUT2D eigenvalue weighted by Gasteiger charge is -2.26. The van der Waals surface area contributed by atoms with Crippen LogP contribution in [0.4, 0.5) is 5.69 Å². The Kier molecular flexibility index (Phi) is 5.83. The van der Waals surface area contributed by atoms with Crippen molar-refractivity contribution in [1.82, 2.24) is 10.2 Å². The molecule has 3 heteroatoms. The van der Waals surface area contributed by atoms with Crippen LogP contribution in [-0.4, -0.2) is 44.7 Å². The standard InChI is InChI=1S/C16H29N3/c1-16(2,3)17-13-14-9-7-8-10-15(14)19(6)12-11-18(4)5/h7-10,17H,11-13H2,1-6H3. The van der Waals surface area contributed by atoms with Gasteiger partial charge in [0.2, 0.25) is 0 Å². The molecule has 0 saturated carbocycles. The number of benzene rings is 1. The van der Waals surface area contributed by atoms with E-state index in [1.165, 1.54) is 11.3 Å². The Hall–Kier alpha value is -1.06. The minimum absolute atomic E-state index is 0.148. The predicted molar refractivity (Wildman–Crippen MR) is 84.9 cm³/mol. The number of likely N-dealkylation sites (N-methyl/N-ethyl adjacent to an activating group) is 2. The maximum Gasteiger partial charge on any atom is 0.0409 e. The SMILES string of the molecule is CN(C)CCN(C)c1ccccc1CNC(C)(C)C. The highest BCUT2D eigenvalue weighted by atomic mass is 15.2. The quantitative estimate of drug-likeness (QED) is 0.851. The van der Waals surface area contributed by atoms with Gasteiger partial charge in [-0.15, -0.1) is 0 Å². The maximum absolute atomic E-state index is 3.56. The average molecular weight is 263 g/mol. The number of nitrogens with zero attached hydrogens (tertiary/aromatic N) is 2. The normalized spacial score (nSPS) is 11.9. The molecule has 0 bridgehead atoms. The Morgan fingerprint density at radius 1 is 1.00 bits per heavy atom. The van der Waals surface area contributed by atoms with Crippen molar-refractivity contribution in [2.45, 2.75) is 32.9 Å². The molecule has 0 aromatic heterocycles. The third-order valence-corrected chi connectivity index (χ3v) is 3.09. The lowest BCUT2D eigenvalue weighted by molar-refractivity contribution is 0.415. The number of hydrogen-bond acceptors (Lipinski definition) is 3. The molecule has 1 aromatic carbocycles. The number of para-hydroxylation sites is 1. The summed E-state index contributed by atoms with van der Waals surface area (Å²) in [7, 11) is 6.39. The van der Waals surface area contributed by atoms with Gasteiger partial charge in [-0.3, -0.25) is 0 Å². The molecule has 19 heavy (non-hydrogen) atoms. The van der Waals surface area contributed by atoms with Gasteiger partial charge in [-0.05, 0) is 46.5 Å². The van der Waals surface area contributed by atoms with Crippen LogP contribution in [0.1, 0.15) is 26.3 Å². The first kappa shape index (κ1) is 16.0. The molecule has 0 aliphatic heterocycles. The molecule has 0 atom stereocenters. The lowest BCUT2D eigenvalue weighted by Crippen LogP contribution is -2.36. The summed E-state index contributed by atoms with van der Waals surface area (Å²) in [5.74, 6) is 0. The molecule has 0 saturated heterocycles. The van der Waals surface area contributed by atoms with Gasteiger partial charge in [0.1, 0.15) is 0 Å². The van der Waals surface area contributed by atoms with E-state index in [0.29, 0.717) is 0 Å². The molecule has 108 valence electrons. The molecule has 0 fully saturated rings. The first-order valence-corrected chi connectivity index (χ1v) is 6.98. The van der Waals surface area contributed by atoms with Crippen molar-refractivity contribution in [1.29, 1.82) is 0 Å². The number of anilines is 1. The molecule has 0 heterocycles. The molecule has 0 spiro atoms. The largest absolute Gasteiger partial charge is 0.373 e. The Morgan fingerprint density at radius 2 is 1.63 bits per heavy atom. The highest BCUT2D eigenvalue weighted by Crippen LogP contribution is 2.19. The van der Waals surface area contributed by atoms with Crippen molar-refractivity contribution in [2.24, 2.45) is 0 Å². The van der Waals surface area contributed by atoms with Crippen LogP contribution >= 0.6 is 0 Å². The molecule has 3 nitrogen and oxygen atoms in total. The Bertz CT molecular complexity index is 380. The van der Waals surface area contributed by atoms with E-state index < -0.39 is 0 Å². The van der Waals surface area contributed by atoms with Crippen LogP contribution in [0.3, 0.4) is 0 Å². The van der Waals surface area contributed by atoms with Crippen molar-refractivity contribution in [3.63, 3.8) is 0 Å². The third kappa shape index (κ3) is 6.08. The topological polar surface area (TPSA) is 18.5 Å². The number of nitrogens with one attached hydrogen (secondary N) is 1. The van der Waals surface area contributed by atoms with Gasteiger partial charge in [-0.2, -0.15) is 0 Å². The summed E-state index contributed by atoms with van der Waals surface area (Å²) in [5, 5.41) is 3.56. The van der Waals surface area contributed by atoms with Crippen LogP contribution in [0, 0.1) is 0 Å². The van der Waals surface area contributed by atoms with E-state index in [0.717, 1.165) is 19.6 Å². The fourth-order valence-corrected chi connectivity index (χ4v) is 1.86. The molecular weight excluding hydrogens is 234 g/mol. The van der Waals surface area contributed by atoms with Gasteiger partial charge in [0, 0.05) is 37.9 Å². The fourth-order valence-electron chi connectivity index (χ4n) is 1.86. The molecule has 0 unspecified atom stereocenters. The van der Waals surface area contributed by atoms with Crippen LogP contribution in [0.5, 0.6) is 0 Å². The summed E-state index contributed by atoms with van der Waals surface area (Å²) in [5.41, 5.74) is 2.83. The van der Waals surface area contributed by atoms with Crippen LogP contribution in [0.2, 0.25) is 0 Å². The molecule has 0 radical (unpaired) electrons. The molecular formula is C16H29N3. The first-order valence-electron chi connectivity index (χ1n) is 6.98. The van der Waals surface area contributed by atoms with Crippen molar-refractivity contribution in [3.05, 3.63) is 29.8 Å². The monoisotopic (exact) mass is 263 g/mol. The van der Waals surface area contributed by atoms with E-state index in [1.54, 1.807) is 0 Å². The van der Waals surface area contributed by atoms with E-state index in [1.807, 2.05) is 0 Å². The predicted octanol–water partition coefficient (Wildman–Crippen LogP) is 2.57. The molecule has 0 aliphatic carbocycles. The second kappa shape index (κ2) is 6.92. The van der Waals surface area contributed by atoms with E-state index in [9.17, 15) is 0 Å². The van der Waals surface area contributed by atoms with E-state index in [4.69, 9.17) is 0 Å². The molecule has 0 amide bonds. The summed E-state index contributed by atoms with van der Waals surface area (Å²) in [6.07, 6.45) is 0. The van der Waals surface area contributed by atoms with Crippen molar-refractivity contribution < 1.29 is 0 Å². The summed E-state index contributed by atoms with van der Waals surface area (Å²) in [6.45, 7) is 9.62. The molecule has 1 rings (SSSR count). The summed E-state index contributed by atoms with van der Waals surface area (Å²) in [6, 6.07) is 8.64. The van der Waals surface area contributed by atoms with Gasteiger partial charge in [0.15, 0.2) is 0 Å². The van der Waals surface area contributed by atoms with E-state index in [2.05, 4.69) is 81.3 Å². The molecule has 0 aliphatic rings. The van der Waals surface area contributed by atoms with Crippen molar-refractivity contribution in [3.8, 4) is 0 Å². The lowest BCUT2D eigenvalue weighted by atomic mass is 10.1. The summed E-state index contributed by atoms with van der Waals surface area (Å²) < 4.78 is 0. The van der Waals surface area contributed by atoms with Gasteiger partial charge in [0.25, 0.3) is 0 Å². The maximum atomic E-state index is 3.56. The number of rotatable bonds is 6. The van der Waals surface area contributed by atoms with Crippen molar-refractivity contribution >= 4 is 5.69 Å². The zero-order chi connectivity index (χ0) is 14.5. The van der Waals surface area contributed by atoms with Gasteiger partial charge in [0.05, 0.1) is 0 Å². The molecule has 1 aromatic rings. The highest BCUT2D eigenvalue weighted by Gasteiger charge is 2.11. The third-order valence-electron chi connectivity index (χ3n) is 3.09. The van der Waals surface area contributed by atoms with Crippen LogP contribution in [0.15, 0.2) is 24.3 Å². The zero-order valence-electron chi connectivity index (χ0n) is 13.3. The highest BCUT2D eigenvalue weighted by molar-refractivity contribution is 5.53. The Balaban J connectivity index is 2.72. The summed E-state index contributed by atoms with van der Waals surface area (Å²) in [4.78, 5) is 4.55. The van der Waals surface area contributed by atoms with Gasteiger partial charge in [-0.1, -0.05) is 18.2 Å². The summed E-state index contributed by atoms with van der Waals surface area (Å²) >= 11 is 0. The smallest absolute Gasteiger partial charge is 0.0409 e.